The minimum Gasteiger partial charge on any atom is -0.350 e. The molecule has 1 amide bonds. The van der Waals surface area contributed by atoms with Gasteiger partial charge in [0, 0.05) is 25.2 Å². The van der Waals surface area contributed by atoms with Crippen LogP contribution in [-0.2, 0) is 17.8 Å². The zero-order valence-electron chi connectivity index (χ0n) is 11.9. The molecule has 0 radical (unpaired) electrons. The second-order valence-corrected chi connectivity index (χ2v) is 6.06. The molecule has 0 spiro atoms. The predicted molar refractivity (Wildman–Crippen MR) is 73.7 cm³/mol. The Balaban J connectivity index is 1.67. The number of carbonyl (C=O) groups is 1. The van der Waals surface area contributed by atoms with Gasteiger partial charge < -0.3 is 9.88 Å². The van der Waals surface area contributed by atoms with Gasteiger partial charge in [-0.25, -0.2) is 4.98 Å². The lowest BCUT2D eigenvalue weighted by molar-refractivity contribution is -0.128. The average Bonchev–Trinajstić information content (AvgIpc) is 3.04. The zero-order chi connectivity index (χ0) is 14.2. The highest BCUT2D eigenvalue weighted by molar-refractivity contribution is 5.86. The number of aryl methyl sites for hydroxylation is 2. The Bertz CT molecular complexity index is 563. The van der Waals surface area contributed by atoms with Crippen LogP contribution < -0.4 is 5.32 Å². The number of imidazole rings is 1. The topological polar surface area (TPSA) is 70.7 Å². The monoisotopic (exact) mass is 272 g/mol. The van der Waals surface area contributed by atoms with Crippen LogP contribution in [0.25, 0.3) is 0 Å². The molecule has 1 aliphatic heterocycles. The normalized spacial score (nSPS) is 23.9. The van der Waals surface area contributed by atoms with Gasteiger partial charge in [0.25, 0.3) is 0 Å². The van der Waals surface area contributed by atoms with E-state index in [9.17, 15) is 10.1 Å². The van der Waals surface area contributed by atoms with Crippen molar-refractivity contribution in [3.63, 3.8) is 0 Å². The molecule has 1 fully saturated rings. The second-order valence-electron chi connectivity index (χ2n) is 6.06. The fourth-order valence-electron chi connectivity index (χ4n) is 3.40. The first kappa shape index (κ1) is 13.2. The van der Waals surface area contributed by atoms with E-state index in [0.717, 1.165) is 43.7 Å². The highest BCUT2D eigenvalue weighted by Crippen LogP contribution is 2.37. The first-order valence-electron chi connectivity index (χ1n) is 7.38. The Morgan fingerprint density at radius 3 is 3.00 bits per heavy atom. The number of hydrogen-bond donors (Lipinski definition) is 1. The van der Waals surface area contributed by atoms with Crippen LogP contribution in [0.4, 0.5) is 0 Å². The van der Waals surface area contributed by atoms with Crippen molar-refractivity contribution >= 4 is 5.91 Å². The summed E-state index contributed by atoms with van der Waals surface area (Å²) in [5, 5.41) is 12.4. The molecule has 2 heterocycles. The lowest BCUT2D eigenvalue weighted by atomic mass is 9.86. The van der Waals surface area contributed by atoms with Crippen LogP contribution in [0, 0.1) is 23.7 Å². The lowest BCUT2D eigenvalue weighted by Gasteiger charge is -2.28. The van der Waals surface area contributed by atoms with Crippen molar-refractivity contribution in [2.75, 3.05) is 0 Å². The van der Waals surface area contributed by atoms with E-state index in [1.54, 1.807) is 0 Å². The van der Waals surface area contributed by atoms with Crippen LogP contribution in [0.3, 0.4) is 0 Å². The Hall–Kier alpha value is -1.83. The number of nitriles is 1. The van der Waals surface area contributed by atoms with Crippen LogP contribution in [0.1, 0.15) is 43.6 Å². The quantitative estimate of drug-likeness (QED) is 0.891. The van der Waals surface area contributed by atoms with Crippen molar-refractivity contribution < 1.29 is 4.79 Å². The number of nitrogens with zero attached hydrogens (tertiary/aromatic N) is 3. The molecule has 1 aliphatic carbocycles. The van der Waals surface area contributed by atoms with Gasteiger partial charge in [-0.1, -0.05) is 12.8 Å². The summed E-state index contributed by atoms with van der Waals surface area (Å²) < 4.78 is 2.12. The van der Waals surface area contributed by atoms with Crippen LogP contribution in [-0.4, -0.2) is 21.5 Å². The molecule has 5 nitrogen and oxygen atoms in total. The molecule has 1 aromatic rings. The Morgan fingerprint density at radius 2 is 2.30 bits per heavy atom. The van der Waals surface area contributed by atoms with Crippen molar-refractivity contribution in [1.29, 1.82) is 5.26 Å². The van der Waals surface area contributed by atoms with Gasteiger partial charge in [0.2, 0.25) is 5.91 Å². The van der Waals surface area contributed by atoms with E-state index in [1.165, 1.54) is 0 Å². The van der Waals surface area contributed by atoms with E-state index in [4.69, 9.17) is 0 Å². The summed E-state index contributed by atoms with van der Waals surface area (Å²) >= 11 is 0. The van der Waals surface area contributed by atoms with Crippen molar-refractivity contribution in [1.82, 2.24) is 14.9 Å². The molecule has 1 saturated carbocycles. The molecule has 20 heavy (non-hydrogen) atoms. The van der Waals surface area contributed by atoms with E-state index in [0.29, 0.717) is 12.8 Å². The number of nitrogens with one attached hydrogen (secondary N) is 1. The Morgan fingerprint density at radius 1 is 1.55 bits per heavy atom. The fraction of sp³-hybridized carbons (Fsp3) is 0.667. The standard InChI is InChI=1S/C15H20N4O/c1-11-8-19-9-12(4-5-13(19)17-11)18-14(20)15(10-16)6-2-3-7-15/h8,12H,2-7,9H2,1H3,(H,18,20). The van der Waals surface area contributed by atoms with Crippen LogP contribution in [0.5, 0.6) is 0 Å². The van der Waals surface area contributed by atoms with Gasteiger partial charge >= 0.3 is 0 Å². The summed E-state index contributed by atoms with van der Waals surface area (Å²) in [5.41, 5.74) is 0.252. The van der Waals surface area contributed by atoms with Gasteiger partial charge in [-0.3, -0.25) is 4.79 Å². The number of carbonyl (C=O) groups excluding carboxylic acids is 1. The van der Waals surface area contributed by atoms with Crippen LogP contribution in [0.2, 0.25) is 0 Å². The number of fused-ring (bicyclic) bond motifs is 1. The van der Waals surface area contributed by atoms with E-state index in [2.05, 4.69) is 20.9 Å². The maximum absolute atomic E-state index is 12.4. The third-order valence-electron chi connectivity index (χ3n) is 4.55. The summed E-state index contributed by atoms with van der Waals surface area (Å²) in [6.07, 6.45) is 7.20. The molecule has 5 heteroatoms. The van der Waals surface area contributed by atoms with Crippen molar-refractivity contribution in [2.24, 2.45) is 5.41 Å². The molecule has 3 rings (SSSR count). The van der Waals surface area contributed by atoms with Gasteiger partial charge in [0.05, 0.1) is 11.8 Å². The molecular weight excluding hydrogens is 252 g/mol. The van der Waals surface area contributed by atoms with E-state index >= 15 is 0 Å². The first-order valence-corrected chi connectivity index (χ1v) is 7.38. The highest BCUT2D eigenvalue weighted by Gasteiger charge is 2.42. The molecule has 2 aliphatic rings. The summed E-state index contributed by atoms with van der Waals surface area (Å²) in [6.45, 7) is 2.76. The summed E-state index contributed by atoms with van der Waals surface area (Å²) in [7, 11) is 0. The first-order chi connectivity index (χ1) is 9.63. The van der Waals surface area contributed by atoms with Gasteiger partial charge in [-0.15, -0.1) is 0 Å². The molecular formula is C15H20N4O. The third kappa shape index (κ3) is 2.20. The summed E-state index contributed by atoms with van der Waals surface area (Å²) in [5.74, 6) is 1.03. The number of amides is 1. The second kappa shape index (κ2) is 4.93. The maximum atomic E-state index is 12.4. The molecule has 0 aromatic carbocycles. The molecule has 106 valence electrons. The Kier molecular flexibility index (Phi) is 3.25. The van der Waals surface area contributed by atoms with E-state index < -0.39 is 5.41 Å². The number of aromatic nitrogens is 2. The van der Waals surface area contributed by atoms with Gasteiger partial charge in [-0.2, -0.15) is 5.26 Å². The Labute approximate surface area is 119 Å². The SMILES string of the molecule is Cc1cn2c(n1)CCC(NC(=O)C1(C#N)CCCC1)C2. The lowest BCUT2D eigenvalue weighted by Crippen LogP contribution is -2.47. The van der Waals surface area contributed by atoms with E-state index in [1.807, 2.05) is 13.1 Å². The fourth-order valence-corrected chi connectivity index (χ4v) is 3.40. The zero-order valence-corrected chi connectivity index (χ0v) is 11.9. The smallest absolute Gasteiger partial charge is 0.240 e. The maximum Gasteiger partial charge on any atom is 0.240 e. The van der Waals surface area contributed by atoms with Crippen molar-refractivity contribution in [3.05, 3.63) is 17.7 Å². The molecule has 1 unspecified atom stereocenters. The summed E-state index contributed by atoms with van der Waals surface area (Å²) in [6, 6.07) is 2.38. The molecule has 1 aromatic heterocycles. The van der Waals surface area contributed by atoms with Crippen LogP contribution >= 0.6 is 0 Å². The average molecular weight is 272 g/mol. The van der Waals surface area contributed by atoms with Gasteiger partial charge in [0.15, 0.2) is 0 Å². The number of hydrogen-bond acceptors (Lipinski definition) is 3. The molecule has 0 saturated heterocycles. The van der Waals surface area contributed by atoms with Crippen molar-refractivity contribution in [2.45, 2.75) is 58.0 Å². The van der Waals surface area contributed by atoms with E-state index in [-0.39, 0.29) is 11.9 Å². The summed E-state index contributed by atoms with van der Waals surface area (Å²) in [4.78, 5) is 16.9. The highest BCUT2D eigenvalue weighted by atomic mass is 16.2. The minimum absolute atomic E-state index is 0.0669. The largest absolute Gasteiger partial charge is 0.350 e. The van der Waals surface area contributed by atoms with Crippen LogP contribution in [0.15, 0.2) is 6.20 Å². The molecule has 0 bridgehead atoms. The predicted octanol–water partition coefficient (Wildman–Crippen LogP) is 1.71. The molecule has 1 N–H and O–H groups in total. The minimum atomic E-state index is -0.773. The molecule has 1 atom stereocenters. The number of rotatable bonds is 2. The van der Waals surface area contributed by atoms with Gasteiger partial charge in [-0.05, 0) is 26.2 Å². The third-order valence-corrected chi connectivity index (χ3v) is 4.55. The van der Waals surface area contributed by atoms with Gasteiger partial charge in [0.1, 0.15) is 11.2 Å². The van der Waals surface area contributed by atoms with Crippen molar-refractivity contribution in [3.8, 4) is 6.07 Å².